The van der Waals surface area contributed by atoms with Crippen LogP contribution < -0.4 is 5.32 Å². The minimum atomic E-state index is -0.379. The zero-order chi connectivity index (χ0) is 14.4. The molecule has 1 N–H and O–H groups in total. The van der Waals surface area contributed by atoms with Gasteiger partial charge in [0.1, 0.15) is 0 Å². The number of amides is 1. The summed E-state index contributed by atoms with van der Waals surface area (Å²) in [6, 6.07) is 6.97. The SMILES string of the molecule is COC(=O)c1cccc(NCC(=O)N2CCCCC2)c1. The van der Waals surface area contributed by atoms with Crippen molar-refractivity contribution >= 4 is 17.6 Å². The van der Waals surface area contributed by atoms with Gasteiger partial charge in [-0.05, 0) is 37.5 Å². The number of benzene rings is 1. The molecule has 1 aliphatic heterocycles. The third-order valence-electron chi connectivity index (χ3n) is 3.44. The summed E-state index contributed by atoms with van der Waals surface area (Å²) in [5.74, 6) is -0.274. The fraction of sp³-hybridized carbons (Fsp3) is 0.467. The molecule has 20 heavy (non-hydrogen) atoms. The van der Waals surface area contributed by atoms with Crippen molar-refractivity contribution in [1.82, 2.24) is 4.90 Å². The molecule has 1 amide bonds. The lowest BCUT2D eigenvalue weighted by atomic mass is 10.1. The average Bonchev–Trinajstić information content (AvgIpc) is 2.53. The molecule has 1 heterocycles. The predicted octanol–water partition coefficient (Wildman–Crippen LogP) is 1.90. The van der Waals surface area contributed by atoms with Gasteiger partial charge in [-0.2, -0.15) is 0 Å². The lowest BCUT2D eigenvalue weighted by molar-refractivity contribution is -0.130. The van der Waals surface area contributed by atoms with Crippen molar-refractivity contribution in [3.8, 4) is 0 Å². The van der Waals surface area contributed by atoms with Crippen LogP contribution in [-0.2, 0) is 9.53 Å². The quantitative estimate of drug-likeness (QED) is 0.853. The normalized spacial score (nSPS) is 14.8. The second-order valence-corrected chi connectivity index (χ2v) is 4.87. The number of anilines is 1. The summed E-state index contributed by atoms with van der Waals surface area (Å²) in [4.78, 5) is 25.3. The number of hydrogen-bond acceptors (Lipinski definition) is 4. The van der Waals surface area contributed by atoms with Crippen LogP contribution in [0, 0.1) is 0 Å². The second kappa shape index (κ2) is 6.93. The molecule has 1 fully saturated rings. The molecule has 0 atom stereocenters. The van der Waals surface area contributed by atoms with E-state index in [0.29, 0.717) is 5.56 Å². The molecule has 1 aliphatic rings. The van der Waals surface area contributed by atoms with Crippen LogP contribution in [0.5, 0.6) is 0 Å². The molecule has 0 aliphatic carbocycles. The highest BCUT2D eigenvalue weighted by atomic mass is 16.5. The number of carbonyl (C=O) groups excluding carboxylic acids is 2. The number of piperidine rings is 1. The molecule has 0 bridgehead atoms. The van der Waals surface area contributed by atoms with Gasteiger partial charge in [0.15, 0.2) is 0 Å². The van der Waals surface area contributed by atoms with Crippen molar-refractivity contribution in [2.24, 2.45) is 0 Å². The van der Waals surface area contributed by atoms with Crippen LogP contribution in [0.2, 0.25) is 0 Å². The van der Waals surface area contributed by atoms with Gasteiger partial charge in [0.2, 0.25) is 5.91 Å². The van der Waals surface area contributed by atoms with Gasteiger partial charge in [-0.1, -0.05) is 6.07 Å². The highest BCUT2D eigenvalue weighted by Gasteiger charge is 2.16. The number of methoxy groups -OCH3 is 1. The number of nitrogens with one attached hydrogen (secondary N) is 1. The lowest BCUT2D eigenvalue weighted by Crippen LogP contribution is -2.39. The first-order valence-corrected chi connectivity index (χ1v) is 6.91. The fourth-order valence-electron chi connectivity index (χ4n) is 2.31. The summed E-state index contributed by atoms with van der Waals surface area (Å²) in [5.41, 5.74) is 1.22. The maximum Gasteiger partial charge on any atom is 0.337 e. The minimum Gasteiger partial charge on any atom is -0.465 e. The Balaban J connectivity index is 1.90. The van der Waals surface area contributed by atoms with Gasteiger partial charge in [0.05, 0.1) is 19.2 Å². The Hall–Kier alpha value is -2.04. The van der Waals surface area contributed by atoms with E-state index in [1.807, 2.05) is 11.0 Å². The van der Waals surface area contributed by atoms with Crippen LogP contribution in [0.4, 0.5) is 5.69 Å². The maximum absolute atomic E-state index is 12.0. The van der Waals surface area contributed by atoms with Gasteiger partial charge in [-0.15, -0.1) is 0 Å². The van der Waals surface area contributed by atoms with Crippen LogP contribution in [0.1, 0.15) is 29.6 Å². The second-order valence-electron chi connectivity index (χ2n) is 4.87. The van der Waals surface area contributed by atoms with Crippen LogP contribution in [0.25, 0.3) is 0 Å². The first kappa shape index (κ1) is 14.4. The molecule has 0 saturated carbocycles. The van der Waals surface area contributed by atoms with E-state index in [0.717, 1.165) is 31.6 Å². The van der Waals surface area contributed by atoms with E-state index in [4.69, 9.17) is 0 Å². The third-order valence-corrected chi connectivity index (χ3v) is 3.44. The molecule has 1 aromatic rings. The molecule has 0 spiro atoms. The zero-order valence-corrected chi connectivity index (χ0v) is 11.7. The Bertz CT molecular complexity index is 482. The molecule has 5 nitrogen and oxygen atoms in total. The lowest BCUT2D eigenvalue weighted by Gasteiger charge is -2.26. The fourth-order valence-corrected chi connectivity index (χ4v) is 2.31. The van der Waals surface area contributed by atoms with Crippen molar-refractivity contribution in [3.63, 3.8) is 0 Å². The number of ether oxygens (including phenoxy) is 1. The molecule has 2 rings (SSSR count). The maximum atomic E-state index is 12.0. The van der Waals surface area contributed by atoms with E-state index < -0.39 is 0 Å². The summed E-state index contributed by atoms with van der Waals surface area (Å²) in [7, 11) is 1.35. The van der Waals surface area contributed by atoms with Crippen LogP contribution in [-0.4, -0.2) is 43.5 Å². The van der Waals surface area contributed by atoms with Crippen LogP contribution >= 0.6 is 0 Å². The molecule has 1 aromatic carbocycles. The molecule has 5 heteroatoms. The van der Waals surface area contributed by atoms with E-state index in [1.54, 1.807) is 18.2 Å². The summed E-state index contributed by atoms with van der Waals surface area (Å²) in [6.07, 6.45) is 3.38. The summed E-state index contributed by atoms with van der Waals surface area (Å²) < 4.78 is 4.67. The van der Waals surface area contributed by atoms with Crippen LogP contribution in [0.15, 0.2) is 24.3 Å². The molecular weight excluding hydrogens is 256 g/mol. The third kappa shape index (κ3) is 3.73. The number of nitrogens with zero attached hydrogens (tertiary/aromatic N) is 1. The van der Waals surface area contributed by atoms with E-state index in [2.05, 4.69) is 10.1 Å². The Morgan fingerprint density at radius 1 is 1.25 bits per heavy atom. The Morgan fingerprint density at radius 2 is 2.00 bits per heavy atom. The van der Waals surface area contributed by atoms with Crippen molar-refractivity contribution in [3.05, 3.63) is 29.8 Å². The molecular formula is C15H20N2O3. The van der Waals surface area contributed by atoms with Gasteiger partial charge in [0.25, 0.3) is 0 Å². The number of esters is 1. The first-order valence-electron chi connectivity index (χ1n) is 6.91. The summed E-state index contributed by atoms with van der Waals surface area (Å²) >= 11 is 0. The first-order chi connectivity index (χ1) is 9.70. The Labute approximate surface area is 118 Å². The molecule has 0 radical (unpaired) electrons. The molecule has 0 aromatic heterocycles. The van der Waals surface area contributed by atoms with Gasteiger partial charge < -0.3 is 15.0 Å². The van der Waals surface area contributed by atoms with Crippen molar-refractivity contribution in [1.29, 1.82) is 0 Å². The van der Waals surface area contributed by atoms with Crippen molar-refractivity contribution in [2.45, 2.75) is 19.3 Å². The monoisotopic (exact) mass is 276 g/mol. The van der Waals surface area contributed by atoms with Gasteiger partial charge >= 0.3 is 5.97 Å². The highest BCUT2D eigenvalue weighted by molar-refractivity contribution is 5.90. The average molecular weight is 276 g/mol. The van der Waals surface area contributed by atoms with E-state index in [-0.39, 0.29) is 18.4 Å². The minimum absolute atomic E-state index is 0.105. The Morgan fingerprint density at radius 3 is 2.70 bits per heavy atom. The molecule has 108 valence electrons. The highest BCUT2D eigenvalue weighted by Crippen LogP contribution is 2.12. The standard InChI is InChI=1S/C15H20N2O3/c1-20-15(19)12-6-5-7-13(10-12)16-11-14(18)17-8-3-2-4-9-17/h5-7,10,16H,2-4,8-9,11H2,1H3. The van der Waals surface area contributed by atoms with Gasteiger partial charge in [-0.25, -0.2) is 4.79 Å². The van der Waals surface area contributed by atoms with E-state index in [1.165, 1.54) is 13.5 Å². The Kier molecular flexibility index (Phi) is 4.98. The number of carbonyl (C=O) groups is 2. The van der Waals surface area contributed by atoms with Crippen LogP contribution in [0.3, 0.4) is 0 Å². The van der Waals surface area contributed by atoms with E-state index >= 15 is 0 Å². The summed E-state index contributed by atoms with van der Waals surface area (Å²) in [5, 5.41) is 3.06. The topological polar surface area (TPSA) is 58.6 Å². The van der Waals surface area contributed by atoms with Gasteiger partial charge in [0, 0.05) is 18.8 Å². The van der Waals surface area contributed by atoms with Crippen molar-refractivity contribution < 1.29 is 14.3 Å². The smallest absolute Gasteiger partial charge is 0.337 e. The molecule has 1 saturated heterocycles. The largest absolute Gasteiger partial charge is 0.465 e. The number of hydrogen-bond donors (Lipinski definition) is 1. The number of rotatable bonds is 4. The summed E-state index contributed by atoms with van der Waals surface area (Å²) in [6.45, 7) is 1.95. The molecule has 0 unspecified atom stereocenters. The zero-order valence-electron chi connectivity index (χ0n) is 11.7. The predicted molar refractivity (Wildman–Crippen MR) is 76.7 cm³/mol. The van der Waals surface area contributed by atoms with Gasteiger partial charge in [-0.3, -0.25) is 4.79 Å². The number of likely N-dealkylation sites (tertiary alicyclic amines) is 1. The van der Waals surface area contributed by atoms with E-state index in [9.17, 15) is 9.59 Å². The van der Waals surface area contributed by atoms with Crippen molar-refractivity contribution in [2.75, 3.05) is 32.1 Å².